The largest absolute Gasteiger partial charge is 0.351 e. The van der Waals surface area contributed by atoms with E-state index in [1.807, 2.05) is 42.1 Å². The normalized spacial score (nSPS) is 10.1. The van der Waals surface area contributed by atoms with Crippen molar-refractivity contribution < 1.29 is 4.79 Å². The number of fused-ring (bicyclic) bond motifs is 1. The quantitative estimate of drug-likeness (QED) is 0.685. The second-order valence-corrected chi connectivity index (χ2v) is 5.04. The van der Waals surface area contributed by atoms with Gasteiger partial charge in [-0.3, -0.25) is 0 Å². The molecule has 2 N–H and O–H groups in total. The number of amides is 2. The molecule has 0 fully saturated rings. The average molecular weight is 337 g/mol. The number of nitrogens with zero attached hydrogens (tertiary/aromatic N) is 2. The van der Waals surface area contributed by atoms with Gasteiger partial charge in [-0.05, 0) is 36.4 Å². The molecule has 0 unspecified atom stereocenters. The van der Waals surface area contributed by atoms with E-state index < -0.39 is 0 Å². The van der Waals surface area contributed by atoms with Gasteiger partial charge in [-0.2, -0.15) is 0 Å². The van der Waals surface area contributed by atoms with Crippen LogP contribution in [-0.4, -0.2) is 15.6 Å². The minimum Gasteiger partial charge on any atom is -0.351 e. The topological polar surface area (TPSA) is 59.0 Å². The molecule has 0 aliphatic carbocycles. The number of urea groups is 1. The molecule has 0 radical (unpaired) electrons. The van der Waals surface area contributed by atoms with E-state index in [0.717, 1.165) is 16.6 Å². The third-order valence-electron chi connectivity index (χ3n) is 3.13. The van der Waals surface area contributed by atoms with Gasteiger partial charge in [0.25, 0.3) is 0 Å². The smallest absolute Gasteiger partial charge is 0.323 e. The summed E-state index contributed by atoms with van der Waals surface area (Å²) < 4.78 is 2.03. The first kappa shape index (κ1) is 16.1. The standard InChI is InChI=1S/C15H13ClN4O.ClH/c1-20-7-6-10-8-11(2-4-13(10)20)18-15(21)19-12-3-5-14(16)17-9-12;/h2-9H,1H3,(H2,18,19,21);1H. The molecule has 114 valence electrons. The van der Waals surface area contributed by atoms with Gasteiger partial charge < -0.3 is 15.2 Å². The molecule has 3 aromatic rings. The second kappa shape index (κ2) is 6.68. The molecule has 7 heteroatoms. The van der Waals surface area contributed by atoms with E-state index in [-0.39, 0.29) is 18.4 Å². The van der Waals surface area contributed by atoms with Gasteiger partial charge in [0.2, 0.25) is 0 Å². The van der Waals surface area contributed by atoms with Gasteiger partial charge in [-0.1, -0.05) is 11.6 Å². The lowest BCUT2D eigenvalue weighted by Crippen LogP contribution is -2.19. The van der Waals surface area contributed by atoms with Crippen LogP contribution in [0.4, 0.5) is 16.2 Å². The third kappa shape index (κ3) is 3.50. The average Bonchev–Trinajstić information content (AvgIpc) is 2.82. The van der Waals surface area contributed by atoms with Crippen molar-refractivity contribution in [2.75, 3.05) is 10.6 Å². The summed E-state index contributed by atoms with van der Waals surface area (Å²) in [4.78, 5) is 15.8. The van der Waals surface area contributed by atoms with E-state index in [9.17, 15) is 4.79 Å². The van der Waals surface area contributed by atoms with Gasteiger partial charge >= 0.3 is 6.03 Å². The number of carbonyl (C=O) groups excluding carboxylic acids is 1. The third-order valence-corrected chi connectivity index (χ3v) is 3.35. The molecule has 0 aliphatic heterocycles. The highest BCUT2D eigenvalue weighted by molar-refractivity contribution is 6.29. The number of rotatable bonds is 2. The zero-order valence-corrected chi connectivity index (χ0v) is 13.3. The summed E-state index contributed by atoms with van der Waals surface area (Å²) in [7, 11) is 1.98. The maximum atomic E-state index is 11.9. The van der Waals surface area contributed by atoms with Crippen LogP contribution >= 0.6 is 24.0 Å². The lowest BCUT2D eigenvalue weighted by molar-refractivity contribution is 0.262. The van der Waals surface area contributed by atoms with Crippen molar-refractivity contribution in [3.63, 3.8) is 0 Å². The van der Waals surface area contributed by atoms with Crippen LogP contribution in [0.1, 0.15) is 0 Å². The maximum Gasteiger partial charge on any atom is 0.323 e. The fourth-order valence-electron chi connectivity index (χ4n) is 2.10. The Morgan fingerprint density at radius 2 is 1.86 bits per heavy atom. The van der Waals surface area contributed by atoms with Crippen molar-refractivity contribution in [3.8, 4) is 0 Å². The van der Waals surface area contributed by atoms with Crippen LogP contribution in [0, 0.1) is 0 Å². The molecule has 0 aliphatic rings. The summed E-state index contributed by atoms with van der Waals surface area (Å²) in [6.07, 6.45) is 3.48. The molecule has 3 rings (SSSR count). The van der Waals surface area contributed by atoms with Crippen LogP contribution in [0.5, 0.6) is 0 Å². The molecule has 2 aromatic heterocycles. The first-order valence-electron chi connectivity index (χ1n) is 6.36. The molecule has 22 heavy (non-hydrogen) atoms. The van der Waals surface area contributed by atoms with Crippen LogP contribution < -0.4 is 10.6 Å². The molecule has 2 heterocycles. The number of carbonyl (C=O) groups is 1. The van der Waals surface area contributed by atoms with Crippen molar-refractivity contribution >= 4 is 52.3 Å². The summed E-state index contributed by atoms with van der Waals surface area (Å²) in [5.41, 5.74) is 2.42. The number of halogens is 2. The molecule has 0 atom stereocenters. The molecular formula is C15H14Cl2N4O. The number of aryl methyl sites for hydroxylation is 1. The Hall–Kier alpha value is -2.24. The number of benzene rings is 1. The molecular weight excluding hydrogens is 323 g/mol. The fourth-order valence-corrected chi connectivity index (χ4v) is 2.21. The SMILES string of the molecule is Cl.Cn1ccc2cc(NC(=O)Nc3ccc(Cl)nc3)ccc21. The molecule has 0 spiro atoms. The van der Waals surface area contributed by atoms with Crippen LogP contribution in [0.2, 0.25) is 5.15 Å². The maximum absolute atomic E-state index is 11.9. The molecule has 2 amide bonds. The van der Waals surface area contributed by atoms with E-state index in [0.29, 0.717) is 10.8 Å². The van der Waals surface area contributed by atoms with Gasteiger partial charge in [0, 0.05) is 29.8 Å². The first-order valence-corrected chi connectivity index (χ1v) is 6.74. The zero-order chi connectivity index (χ0) is 14.8. The number of nitrogens with one attached hydrogen (secondary N) is 2. The highest BCUT2D eigenvalue weighted by Crippen LogP contribution is 2.20. The number of pyridine rings is 1. The van der Waals surface area contributed by atoms with Crippen molar-refractivity contribution in [2.45, 2.75) is 0 Å². The lowest BCUT2D eigenvalue weighted by Gasteiger charge is -2.08. The van der Waals surface area contributed by atoms with Gasteiger partial charge in [0.05, 0.1) is 11.9 Å². The van der Waals surface area contributed by atoms with Crippen LogP contribution in [0.25, 0.3) is 10.9 Å². The second-order valence-electron chi connectivity index (χ2n) is 4.65. The van der Waals surface area contributed by atoms with E-state index in [1.54, 1.807) is 12.1 Å². The Kier molecular flexibility index (Phi) is 4.90. The van der Waals surface area contributed by atoms with Crippen LogP contribution in [0.3, 0.4) is 0 Å². The molecule has 0 saturated carbocycles. The van der Waals surface area contributed by atoms with Gasteiger partial charge in [-0.25, -0.2) is 9.78 Å². The van der Waals surface area contributed by atoms with E-state index in [4.69, 9.17) is 11.6 Å². The van der Waals surface area contributed by atoms with Crippen molar-refractivity contribution in [1.82, 2.24) is 9.55 Å². The minimum atomic E-state index is -0.325. The van der Waals surface area contributed by atoms with E-state index in [2.05, 4.69) is 15.6 Å². The monoisotopic (exact) mass is 336 g/mol. The van der Waals surface area contributed by atoms with Crippen molar-refractivity contribution in [3.05, 3.63) is 53.9 Å². The number of hydrogen-bond acceptors (Lipinski definition) is 2. The van der Waals surface area contributed by atoms with Gasteiger partial charge in [-0.15, -0.1) is 12.4 Å². The zero-order valence-electron chi connectivity index (χ0n) is 11.7. The molecule has 0 bridgehead atoms. The Morgan fingerprint density at radius 1 is 1.14 bits per heavy atom. The van der Waals surface area contributed by atoms with Gasteiger partial charge in [0.1, 0.15) is 5.15 Å². The van der Waals surface area contributed by atoms with E-state index >= 15 is 0 Å². The predicted molar refractivity (Wildman–Crippen MR) is 92.1 cm³/mol. The fraction of sp³-hybridized carbons (Fsp3) is 0.0667. The van der Waals surface area contributed by atoms with Crippen molar-refractivity contribution in [2.24, 2.45) is 7.05 Å². The van der Waals surface area contributed by atoms with Crippen LogP contribution in [0.15, 0.2) is 48.8 Å². The van der Waals surface area contributed by atoms with Gasteiger partial charge in [0.15, 0.2) is 0 Å². The summed E-state index contributed by atoms with van der Waals surface area (Å²) in [5.74, 6) is 0. The predicted octanol–water partition coefficient (Wildman–Crippen LogP) is 4.29. The van der Waals surface area contributed by atoms with Crippen LogP contribution in [-0.2, 0) is 7.05 Å². The number of hydrogen-bond donors (Lipinski definition) is 2. The van der Waals surface area contributed by atoms with E-state index in [1.165, 1.54) is 6.20 Å². The summed E-state index contributed by atoms with van der Waals surface area (Å²) in [6.45, 7) is 0. The summed E-state index contributed by atoms with van der Waals surface area (Å²) in [5, 5.41) is 6.94. The highest BCUT2D eigenvalue weighted by atomic mass is 35.5. The molecule has 0 saturated heterocycles. The Balaban J connectivity index is 0.00000176. The van der Waals surface area contributed by atoms with Crippen molar-refractivity contribution in [1.29, 1.82) is 0 Å². The number of aromatic nitrogens is 2. The Morgan fingerprint density at radius 3 is 2.59 bits per heavy atom. The Bertz CT molecular complexity index is 799. The highest BCUT2D eigenvalue weighted by Gasteiger charge is 2.05. The lowest BCUT2D eigenvalue weighted by atomic mass is 10.2. The number of anilines is 2. The molecule has 5 nitrogen and oxygen atoms in total. The first-order chi connectivity index (χ1) is 10.1. The Labute approximate surface area is 138 Å². The molecule has 1 aromatic carbocycles. The summed E-state index contributed by atoms with van der Waals surface area (Å²) in [6, 6.07) is 10.7. The minimum absolute atomic E-state index is 0. The summed E-state index contributed by atoms with van der Waals surface area (Å²) >= 11 is 5.69.